The first-order chi connectivity index (χ1) is 18.8. The van der Waals surface area contributed by atoms with Gasteiger partial charge in [-0.3, -0.25) is 0 Å². The van der Waals surface area contributed by atoms with E-state index in [1.165, 1.54) is 16.7 Å². The molecule has 0 aliphatic heterocycles. The fraction of sp³-hybridized carbons (Fsp3) is 0.371. The fourth-order valence-corrected chi connectivity index (χ4v) is 6.93. The number of hydrogen-bond acceptors (Lipinski definition) is 3. The van der Waals surface area contributed by atoms with E-state index in [-0.39, 0.29) is 5.41 Å². The van der Waals surface area contributed by atoms with E-state index in [2.05, 4.69) is 86.0 Å². The zero-order valence-corrected chi connectivity index (χ0v) is 24.8. The molecule has 0 saturated heterocycles. The van der Waals surface area contributed by atoms with Crippen LogP contribution in [0.15, 0.2) is 114 Å². The van der Waals surface area contributed by atoms with Crippen LogP contribution in [0.3, 0.4) is 0 Å². The molecule has 206 valence electrons. The summed E-state index contributed by atoms with van der Waals surface area (Å²) in [5.41, 5.74) is 7.35. The predicted octanol–water partition coefficient (Wildman–Crippen LogP) is 8.30. The molecule has 4 heteroatoms. The minimum absolute atomic E-state index is 0.0813. The van der Waals surface area contributed by atoms with Crippen molar-refractivity contribution in [3.8, 4) is 0 Å². The lowest BCUT2D eigenvalue weighted by Gasteiger charge is -2.29. The molecule has 1 aliphatic rings. The lowest BCUT2D eigenvalue weighted by molar-refractivity contribution is -0.0298. The van der Waals surface area contributed by atoms with E-state index in [0.717, 1.165) is 18.4 Å². The molecule has 1 aliphatic carbocycles. The van der Waals surface area contributed by atoms with Crippen molar-refractivity contribution in [2.75, 3.05) is 13.2 Å². The molecule has 3 aromatic carbocycles. The van der Waals surface area contributed by atoms with Crippen LogP contribution in [0.1, 0.15) is 42.1 Å². The number of allylic oxidation sites excluding steroid dienone is 2. The van der Waals surface area contributed by atoms with E-state index in [0.29, 0.717) is 38.8 Å². The van der Waals surface area contributed by atoms with Gasteiger partial charge >= 0.3 is 0 Å². The molecule has 0 heterocycles. The zero-order valence-electron chi connectivity index (χ0n) is 23.8. The van der Waals surface area contributed by atoms with Gasteiger partial charge in [-0.25, -0.2) is 0 Å². The van der Waals surface area contributed by atoms with Gasteiger partial charge in [0.15, 0.2) is 0 Å². The average molecular weight is 541 g/mol. The van der Waals surface area contributed by atoms with Gasteiger partial charge in [0, 0.05) is 5.41 Å². The second-order valence-corrected chi connectivity index (χ2v) is 17.1. The molecule has 0 aromatic heterocycles. The summed E-state index contributed by atoms with van der Waals surface area (Å²) in [7, 11) is -1.43. The Morgan fingerprint density at radius 3 is 1.85 bits per heavy atom. The highest BCUT2D eigenvalue weighted by atomic mass is 28.3. The first kappa shape index (κ1) is 29.2. The minimum atomic E-state index is -1.43. The van der Waals surface area contributed by atoms with Crippen molar-refractivity contribution < 1.29 is 14.6 Å². The molecule has 1 N–H and O–H groups in total. The van der Waals surface area contributed by atoms with Crippen LogP contribution in [0, 0.1) is 11.3 Å². The summed E-state index contributed by atoms with van der Waals surface area (Å²) in [5.74, 6) is 0.334. The molecule has 2 unspecified atom stereocenters. The molecule has 1 fully saturated rings. The number of hydrogen-bond donors (Lipinski definition) is 1. The van der Waals surface area contributed by atoms with Gasteiger partial charge in [-0.2, -0.15) is 0 Å². The maximum absolute atomic E-state index is 10.7. The van der Waals surface area contributed by atoms with E-state index in [4.69, 9.17) is 9.47 Å². The molecular weight excluding hydrogens is 496 g/mol. The third-order valence-corrected chi connectivity index (χ3v) is 8.52. The van der Waals surface area contributed by atoms with E-state index in [1.54, 1.807) is 0 Å². The average Bonchev–Trinajstić information content (AvgIpc) is 3.25. The molecule has 0 spiro atoms. The number of rotatable bonds is 13. The first-order valence-electron chi connectivity index (χ1n) is 14.2. The van der Waals surface area contributed by atoms with Gasteiger partial charge in [0.25, 0.3) is 0 Å². The number of benzene rings is 3. The molecule has 0 radical (unpaired) electrons. The first-order valence-corrected chi connectivity index (χ1v) is 17.7. The third kappa shape index (κ3) is 9.43. The van der Waals surface area contributed by atoms with Crippen molar-refractivity contribution in [3.63, 3.8) is 0 Å². The second-order valence-electron chi connectivity index (χ2n) is 12.1. The van der Waals surface area contributed by atoms with Gasteiger partial charge in [-0.1, -0.05) is 134 Å². The van der Waals surface area contributed by atoms with Crippen molar-refractivity contribution in [1.29, 1.82) is 0 Å². The Kier molecular flexibility index (Phi) is 10.5. The van der Waals surface area contributed by atoms with Crippen LogP contribution in [-0.2, 0) is 22.7 Å². The van der Waals surface area contributed by atoms with E-state index >= 15 is 0 Å². The molecule has 2 atom stereocenters. The van der Waals surface area contributed by atoms with Gasteiger partial charge in [-0.05, 0) is 41.9 Å². The number of ether oxygens (including phenoxy) is 2. The normalized spacial score (nSPS) is 19.1. The van der Waals surface area contributed by atoms with Gasteiger partial charge in [0.1, 0.15) is 0 Å². The standard InChI is InChI=1S/C35H44O3Si/c1-39(2,3)26-33-23-35(27-37-24-29-14-7-4-8-15-29,28-38-25-30-16-9-5-10-17-30)22-32(33)20-13-21-34(36)31-18-11-6-12-19-31/h4-20,26,32,34,36H,21-25,27-28H2,1-3H3/b20-13+,33-26+. The molecule has 0 bridgehead atoms. The van der Waals surface area contributed by atoms with Gasteiger partial charge in [-0.15, -0.1) is 0 Å². The molecule has 3 nitrogen and oxygen atoms in total. The van der Waals surface area contributed by atoms with Crippen LogP contribution in [0.25, 0.3) is 0 Å². The number of aliphatic hydroxyl groups is 1. The van der Waals surface area contributed by atoms with E-state index in [1.807, 2.05) is 42.5 Å². The largest absolute Gasteiger partial charge is 0.388 e. The summed E-state index contributed by atoms with van der Waals surface area (Å²) in [4.78, 5) is 0. The summed E-state index contributed by atoms with van der Waals surface area (Å²) >= 11 is 0. The van der Waals surface area contributed by atoms with Gasteiger partial charge in [0.05, 0.1) is 40.6 Å². The lowest BCUT2D eigenvalue weighted by Crippen LogP contribution is -2.30. The van der Waals surface area contributed by atoms with Crippen LogP contribution in [0.5, 0.6) is 0 Å². The molecule has 3 aromatic rings. The maximum Gasteiger partial charge on any atom is 0.0824 e. The summed E-state index contributed by atoms with van der Waals surface area (Å²) in [6, 6.07) is 30.7. The van der Waals surface area contributed by atoms with Gasteiger partial charge < -0.3 is 14.6 Å². The van der Waals surface area contributed by atoms with Gasteiger partial charge in [0.2, 0.25) is 0 Å². The molecule has 0 amide bonds. The highest BCUT2D eigenvalue weighted by Crippen LogP contribution is 2.47. The highest BCUT2D eigenvalue weighted by molar-refractivity contribution is 6.81. The van der Waals surface area contributed by atoms with Crippen LogP contribution in [-0.4, -0.2) is 26.4 Å². The quantitative estimate of drug-likeness (QED) is 0.175. The van der Waals surface area contributed by atoms with Crippen LogP contribution in [0.4, 0.5) is 0 Å². The van der Waals surface area contributed by atoms with Crippen molar-refractivity contribution in [3.05, 3.63) is 131 Å². The fourth-order valence-electron chi connectivity index (χ4n) is 5.50. The predicted molar refractivity (Wildman–Crippen MR) is 164 cm³/mol. The smallest absolute Gasteiger partial charge is 0.0824 e. The van der Waals surface area contributed by atoms with E-state index < -0.39 is 14.2 Å². The molecule has 4 rings (SSSR count). The summed E-state index contributed by atoms with van der Waals surface area (Å²) < 4.78 is 12.8. The van der Waals surface area contributed by atoms with Crippen LogP contribution in [0.2, 0.25) is 19.6 Å². The highest BCUT2D eigenvalue weighted by Gasteiger charge is 2.42. The van der Waals surface area contributed by atoms with Crippen molar-refractivity contribution in [2.45, 2.75) is 58.2 Å². The maximum atomic E-state index is 10.7. The van der Waals surface area contributed by atoms with E-state index in [9.17, 15) is 5.11 Å². The lowest BCUT2D eigenvalue weighted by atomic mass is 9.86. The summed E-state index contributed by atoms with van der Waals surface area (Å²) in [5, 5.41) is 10.7. The Balaban J connectivity index is 1.49. The Hall–Kier alpha value is -2.76. The molecular formula is C35H44O3Si. The Morgan fingerprint density at radius 2 is 1.33 bits per heavy atom. The van der Waals surface area contributed by atoms with Crippen LogP contribution >= 0.6 is 0 Å². The van der Waals surface area contributed by atoms with Crippen molar-refractivity contribution in [1.82, 2.24) is 0 Å². The Morgan fingerprint density at radius 1 is 0.821 bits per heavy atom. The monoisotopic (exact) mass is 540 g/mol. The topological polar surface area (TPSA) is 38.7 Å². The molecule has 39 heavy (non-hydrogen) atoms. The Labute approximate surface area is 236 Å². The van der Waals surface area contributed by atoms with Crippen molar-refractivity contribution >= 4 is 8.07 Å². The summed E-state index contributed by atoms with van der Waals surface area (Å²) in [6.45, 7) is 9.75. The van der Waals surface area contributed by atoms with Crippen molar-refractivity contribution in [2.24, 2.45) is 11.3 Å². The SMILES string of the molecule is C[Si](C)(C)/C=C1\CC(COCc2ccccc2)(COCc2ccccc2)CC1/C=C/CC(O)c1ccccc1. The number of aliphatic hydroxyl groups excluding tert-OH is 1. The third-order valence-electron chi connectivity index (χ3n) is 7.28. The summed E-state index contributed by atoms with van der Waals surface area (Å²) in [6.07, 6.45) is 6.60. The Bertz CT molecular complexity index is 1140. The van der Waals surface area contributed by atoms with Crippen LogP contribution < -0.4 is 0 Å². The molecule has 1 saturated carbocycles. The minimum Gasteiger partial charge on any atom is -0.388 e. The zero-order chi connectivity index (χ0) is 27.6. The second kappa shape index (κ2) is 14.0.